The van der Waals surface area contributed by atoms with Crippen LogP contribution in [-0.4, -0.2) is 23.3 Å². The third kappa shape index (κ3) is 7.09. The third-order valence-corrected chi connectivity index (χ3v) is 6.73. The highest BCUT2D eigenvalue weighted by Crippen LogP contribution is 2.44. The first-order chi connectivity index (χ1) is 14.5. The fourth-order valence-corrected chi connectivity index (χ4v) is 4.98. The summed E-state index contributed by atoms with van der Waals surface area (Å²) in [6.07, 6.45) is 16.1. The van der Waals surface area contributed by atoms with Gasteiger partial charge in [0.05, 0.1) is 6.42 Å². The van der Waals surface area contributed by atoms with Gasteiger partial charge < -0.3 is 4.74 Å². The highest BCUT2D eigenvalue weighted by Gasteiger charge is 2.55. The van der Waals surface area contributed by atoms with Crippen LogP contribution in [0.15, 0.2) is 30.3 Å². The molecule has 0 N–H and O–H groups in total. The Morgan fingerprint density at radius 3 is 2.13 bits per heavy atom. The number of esters is 1. The van der Waals surface area contributed by atoms with E-state index >= 15 is 0 Å². The maximum Gasteiger partial charge on any atom is 0.309 e. The van der Waals surface area contributed by atoms with E-state index < -0.39 is 5.60 Å². The second kappa shape index (κ2) is 11.3. The summed E-state index contributed by atoms with van der Waals surface area (Å²) < 4.78 is 5.53. The molecule has 0 saturated carbocycles. The fraction of sp³-hybridized carbons (Fsp3) is 0.731. The van der Waals surface area contributed by atoms with E-state index in [4.69, 9.17) is 14.5 Å². The zero-order valence-electron chi connectivity index (χ0n) is 19.0. The Morgan fingerprint density at radius 1 is 0.867 bits per heavy atom. The van der Waals surface area contributed by atoms with Gasteiger partial charge in [-0.2, -0.15) is 0 Å². The SMILES string of the molecule is CC1(CCCCCCCCCCCCc2ccccc2)CC2(C)OC(=O)CC2OO1. The van der Waals surface area contributed by atoms with Gasteiger partial charge in [0.2, 0.25) is 0 Å². The zero-order valence-corrected chi connectivity index (χ0v) is 19.0. The molecule has 0 aromatic heterocycles. The molecule has 2 heterocycles. The topological polar surface area (TPSA) is 44.8 Å². The predicted octanol–water partition coefficient (Wildman–Crippen LogP) is 6.71. The van der Waals surface area contributed by atoms with Crippen molar-refractivity contribution in [2.24, 2.45) is 0 Å². The largest absolute Gasteiger partial charge is 0.456 e. The van der Waals surface area contributed by atoms with Crippen molar-refractivity contribution >= 4 is 5.97 Å². The van der Waals surface area contributed by atoms with Crippen molar-refractivity contribution in [3.05, 3.63) is 35.9 Å². The summed E-state index contributed by atoms with van der Waals surface area (Å²) >= 11 is 0. The maximum atomic E-state index is 11.6. The van der Waals surface area contributed by atoms with Crippen LogP contribution in [-0.2, 0) is 25.7 Å². The van der Waals surface area contributed by atoms with Crippen molar-refractivity contribution in [2.45, 2.75) is 121 Å². The molecule has 2 saturated heterocycles. The number of fused-ring (bicyclic) bond motifs is 1. The van der Waals surface area contributed by atoms with E-state index in [0.717, 1.165) is 19.3 Å². The number of carbonyl (C=O) groups excluding carboxylic acids is 1. The molecule has 30 heavy (non-hydrogen) atoms. The van der Waals surface area contributed by atoms with Crippen LogP contribution in [0.1, 0.15) is 103 Å². The van der Waals surface area contributed by atoms with Gasteiger partial charge in [0, 0.05) is 6.42 Å². The number of benzene rings is 1. The molecule has 0 aliphatic carbocycles. The van der Waals surface area contributed by atoms with Crippen molar-refractivity contribution in [2.75, 3.05) is 0 Å². The second-order valence-electron chi connectivity index (χ2n) is 9.81. The van der Waals surface area contributed by atoms with Crippen molar-refractivity contribution in [1.82, 2.24) is 0 Å². The number of ether oxygens (including phenoxy) is 1. The molecule has 2 aliphatic rings. The fourth-order valence-electron chi connectivity index (χ4n) is 4.98. The summed E-state index contributed by atoms with van der Waals surface area (Å²) in [5, 5.41) is 0. The third-order valence-electron chi connectivity index (χ3n) is 6.73. The molecule has 0 radical (unpaired) electrons. The van der Waals surface area contributed by atoms with Gasteiger partial charge in [0.25, 0.3) is 0 Å². The normalized spacial score (nSPS) is 28.3. The number of unbranched alkanes of at least 4 members (excludes halogenated alkanes) is 9. The van der Waals surface area contributed by atoms with Crippen LogP contribution in [0.2, 0.25) is 0 Å². The van der Waals surface area contributed by atoms with Crippen molar-refractivity contribution < 1.29 is 19.3 Å². The summed E-state index contributed by atoms with van der Waals surface area (Å²) in [6.45, 7) is 4.06. The lowest BCUT2D eigenvalue weighted by Gasteiger charge is -2.43. The molecule has 1 aromatic carbocycles. The van der Waals surface area contributed by atoms with Crippen LogP contribution in [0.3, 0.4) is 0 Å². The summed E-state index contributed by atoms with van der Waals surface area (Å²) in [5.41, 5.74) is 0.593. The lowest BCUT2D eigenvalue weighted by atomic mass is 9.82. The molecular formula is C26H40O4. The Labute approximate surface area is 182 Å². The Balaban J connectivity index is 1.15. The predicted molar refractivity (Wildman–Crippen MR) is 119 cm³/mol. The van der Waals surface area contributed by atoms with Crippen LogP contribution in [0.25, 0.3) is 0 Å². The van der Waals surface area contributed by atoms with Crippen LogP contribution in [0, 0.1) is 0 Å². The van der Waals surface area contributed by atoms with Gasteiger partial charge in [-0.1, -0.05) is 88.1 Å². The number of rotatable bonds is 13. The van der Waals surface area contributed by atoms with E-state index in [1.165, 1.54) is 69.8 Å². The first kappa shape index (κ1) is 23.3. The first-order valence-corrected chi connectivity index (χ1v) is 12.1. The van der Waals surface area contributed by atoms with E-state index in [1.807, 2.05) is 6.92 Å². The molecule has 0 amide bonds. The van der Waals surface area contributed by atoms with Gasteiger partial charge in [0.1, 0.15) is 17.3 Å². The zero-order chi connectivity index (χ0) is 21.3. The van der Waals surface area contributed by atoms with Gasteiger partial charge in [-0.25, -0.2) is 9.78 Å². The first-order valence-electron chi connectivity index (χ1n) is 12.1. The molecule has 3 rings (SSSR count). The minimum atomic E-state index is -0.523. The summed E-state index contributed by atoms with van der Waals surface area (Å²) in [6, 6.07) is 10.8. The molecular weight excluding hydrogens is 376 g/mol. The van der Waals surface area contributed by atoms with E-state index in [2.05, 4.69) is 37.3 Å². The van der Waals surface area contributed by atoms with Crippen LogP contribution < -0.4 is 0 Å². The van der Waals surface area contributed by atoms with Crippen molar-refractivity contribution in [3.8, 4) is 0 Å². The number of carbonyl (C=O) groups is 1. The molecule has 4 heteroatoms. The average molecular weight is 417 g/mol. The minimum absolute atomic E-state index is 0.174. The second-order valence-corrected chi connectivity index (χ2v) is 9.81. The van der Waals surface area contributed by atoms with Gasteiger partial charge in [-0.15, -0.1) is 0 Å². The molecule has 0 bridgehead atoms. The molecule has 2 fully saturated rings. The standard InChI is InChI=1S/C26H40O4/c1-25(21-26(2)23(29-30-25)20-24(27)28-26)19-15-10-8-6-4-3-5-7-9-12-16-22-17-13-11-14-18-22/h11,13-14,17-18,23H,3-10,12,15-16,19-21H2,1-2H3. The van der Waals surface area contributed by atoms with E-state index in [9.17, 15) is 4.79 Å². The number of hydrogen-bond acceptors (Lipinski definition) is 4. The van der Waals surface area contributed by atoms with Gasteiger partial charge in [-0.05, 0) is 38.7 Å². The van der Waals surface area contributed by atoms with Crippen molar-refractivity contribution in [3.63, 3.8) is 0 Å². The molecule has 0 spiro atoms. The monoisotopic (exact) mass is 416 g/mol. The summed E-state index contributed by atoms with van der Waals surface area (Å²) in [4.78, 5) is 22.8. The quantitative estimate of drug-likeness (QED) is 0.204. The van der Waals surface area contributed by atoms with Gasteiger partial charge in [-0.3, -0.25) is 4.79 Å². The molecule has 3 unspecified atom stereocenters. The molecule has 1 aromatic rings. The Hall–Kier alpha value is -1.39. The van der Waals surface area contributed by atoms with Crippen LogP contribution in [0.4, 0.5) is 0 Å². The lowest BCUT2D eigenvalue weighted by molar-refractivity contribution is -0.428. The molecule has 3 atom stereocenters. The molecule has 168 valence electrons. The minimum Gasteiger partial charge on any atom is -0.456 e. The van der Waals surface area contributed by atoms with Crippen LogP contribution >= 0.6 is 0 Å². The van der Waals surface area contributed by atoms with Gasteiger partial charge in [0.15, 0.2) is 0 Å². The van der Waals surface area contributed by atoms with E-state index in [0.29, 0.717) is 6.42 Å². The van der Waals surface area contributed by atoms with Crippen LogP contribution in [0.5, 0.6) is 0 Å². The summed E-state index contributed by atoms with van der Waals surface area (Å²) in [7, 11) is 0. The van der Waals surface area contributed by atoms with E-state index in [1.54, 1.807) is 0 Å². The van der Waals surface area contributed by atoms with E-state index in [-0.39, 0.29) is 17.7 Å². The molecule has 2 aliphatic heterocycles. The smallest absolute Gasteiger partial charge is 0.309 e. The highest BCUT2D eigenvalue weighted by atomic mass is 17.2. The molecule has 4 nitrogen and oxygen atoms in total. The average Bonchev–Trinajstić information content (AvgIpc) is 3.02. The number of aryl methyl sites for hydroxylation is 1. The number of hydrogen-bond donors (Lipinski definition) is 0. The highest BCUT2D eigenvalue weighted by molar-refractivity contribution is 5.73. The van der Waals surface area contributed by atoms with Crippen molar-refractivity contribution in [1.29, 1.82) is 0 Å². The Bertz CT molecular complexity index is 646. The maximum absolute atomic E-state index is 11.6. The Morgan fingerprint density at radius 2 is 1.47 bits per heavy atom. The summed E-state index contributed by atoms with van der Waals surface area (Å²) in [5.74, 6) is -0.174. The van der Waals surface area contributed by atoms with Gasteiger partial charge >= 0.3 is 5.97 Å². The Kier molecular flexibility index (Phi) is 8.76. The lowest BCUT2D eigenvalue weighted by Crippen LogP contribution is -2.51.